The summed E-state index contributed by atoms with van der Waals surface area (Å²) >= 11 is 9.08. The van der Waals surface area contributed by atoms with Crippen LogP contribution in [0, 0.1) is 11.3 Å². The predicted octanol–water partition coefficient (Wildman–Crippen LogP) is 4.46. The number of aromatic carboxylic acids is 1. The van der Waals surface area contributed by atoms with Crippen molar-refractivity contribution in [2.24, 2.45) is 0 Å². The molecule has 0 unspecified atom stereocenters. The first kappa shape index (κ1) is 14.4. The van der Waals surface area contributed by atoms with Crippen LogP contribution < -0.4 is 4.74 Å². The summed E-state index contributed by atoms with van der Waals surface area (Å²) in [6.45, 7) is 0. The zero-order valence-electron chi connectivity index (χ0n) is 9.93. The summed E-state index contributed by atoms with van der Waals surface area (Å²) in [4.78, 5) is 11.1. The Bertz CT molecular complexity index is 725. The second-order valence-electron chi connectivity index (χ2n) is 3.77. The van der Waals surface area contributed by atoms with Gasteiger partial charge < -0.3 is 9.84 Å². The first-order valence-corrected chi connectivity index (χ1v) is 6.59. The average molecular weight is 353 g/mol. The Morgan fingerprint density at radius 2 is 2.05 bits per heavy atom. The summed E-state index contributed by atoms with van der Waals surface area (Å²) in [6.07, 6.45) is 0. The van der Waals surface area contributed by atoms with Crippen LogP contribution in [0.4, 0.5) is 0 Å². The molecule has 4 nitrogen and oxygen atoms in total. The summed E-state index contributed by atoms with van der Waals surface area (Å²) in [5.74, 6) is -0.795. The van der Waals surface area contributed by atoms with E-state index < -0.39 is 5.97 Å². The molecule has 20 heavy (non-hydrogen) atoms. The number of hydrogen-bond acceptors (Lipinski definition) is 3. The maximum atomic E-state index is 11.1. The minimum absolute atomic E-state index is 0.0294. The van der Waals surface area contributed by atoms with E-state index in [2.05, 4.69) is 15.9 Å². The van der Waals surface area contributed by atoms with Gasteiger partial charge in [-0.2, -0.15) is 5.26 Å². The first-order valence-electron chi connectivity index (χ1n) is 5.42. The lowest BCUT2D eigenvalue weighted by atomic mass is 10.2. The van der Waals surface area contributed by atoms with Crippen molar-refractivity contribution in [2.45, 2.75) is 0 Å². The van der Waals surface area contributed by atoms with Gasteiger partial charge in [-0.15, -0.1) is 0 Å². The van der Waals surface area contributed by atoms with Crippen molar-refractivity contribution in [3.8, 4) is 17.6 Å². The molecule has 0 aliphatic rings. The van der Waals surface area contributed by atoms with E-state index in [0.29, 0.717) is 9.50 Å². The van der Waals surface area contributed by atoms with Crippen LogP contribution in [0.2, 0.25) is 5.02 Å². The van der Waals surface area contributed by atoms with Gasteiger partial charge in [0.05, 0.1) is 0 Å². The second kappa shape index (κ2) is 5.95. The Morgan fingerprint density at radius 1 is 1.30 bits per heavy atom. The summed E-state index contributed by atoms with van der Waals surface area (Å²) in [5.41, 5.74) is 0.252. The molecule has 0 saturated carbocycles. The highest BCUT2D eigenvalue weighted by Gasteiger charge is 2.15. The summed E-state index contributed by atoms with van der Waals surface area (Å²) in [5, 5.41) is 18.6. The predicted molar refractivity (Wildman–Crippen MR) is 77.3 cm³/mol. The summed E-state index contributed by atoms with van der Waals surface area (Å²) < 4.78 is 6.10. The number of rotatable bonds is 3. The van der Waals surface area contributed by atoms with E-state index in [1.165, 1.54) is 18.2 Å². The van der Waals surface area contributed by atoms with E-state index in [-0.39, 0.29) is 22.6 Å². The maximum Gasteiger partial charge on any atom is 0.339 e. The Balaban J connectivity index is 2.51. The molecular formula is C14H7BrClNO3. The van der Waals surface area contributed by atoms with Crippen LogP contribution in [-0.2, 0) is 0 Å². The van der Waals surface area contributed by atoms with Gasteiger partial charge in [-0.1, -0.05) is 17.7 Å². The molecule has 0 radical (unpaired) electrons. The van der Waals surface area contributed by atoms with Gasteiger partial charge >= 0.3 is 5.97 Å². The summed E-state index contributed by atoms with van der Waals surface area (Å²) in [7, 11) is 0. The third-order valence-electron chi connectivity index (χ3n) is 2.48. The number of nitrogens with zero attached hydrogens (tertiary/aromatic N) is 1. The van der Waals surface area contributed by atoms with Crippen LogP contribution in [-0.4, -0.2) is 11.1 Å². The Morgan fingerprint density at radius 3 is 2.70 bits per heavy atom. The number of carboxylic acid groups (broad SMARTS) is 1. The minimum atomic E-state index is -1.13. The molecule has 100 valence electrons. The van der Waals surface area contributed by atoms with Gasteiger partial charge in [-0.3, -0.25) is 0 Å². The number of ether oxygens (including phenoxy) is 1. The van der Waals surface area contributed by atoms with Gasteiger partial charge in [0.1, 0.15) is 28.7 Å². The number of carbonyl (C=O) groups is 1. The molecule has 0 saturated heterocycles. The number of nitriles is 1. The molecule has 2 aromatic rings. The third-order valence-corrected chi connectivity index (χ3v) is 3.38. The second-order valence-corrected chi connectivity index (χ2v) is 5.06. The zero-order valence-corrected chi connectivity index (χ0v) is 12.3. The monoisotopic (exact) mass is 351 g/mol. The molecule has 0 bridgehead atoms. The third kappa shape index (κ3) is 2.93. The molecule has 0 atom stereocenters. The van der Waals surface area contributed by atoms with Gasteiger partial charge in [0.15, 0.2) is 0 Å². The van der Waals surface area contributed by atoms with Crippen LogP contribution in [0.15, 0.2) is 40.9 Å². The Hall–Kier alpha value is -2.03. The quantitative estimate of drug-likeness (QED) is 0.885. The van der Waals surface area contributed by atoms with Crippen molar-refractivity contribution in [2.75, 3.05) is 0 Å². The van der Waals surface area contributed by atoms with Gasteiger partial charge in [-0.25, -0.2) is 4.79 Å². The van der Waals surface area contributed by atoms with Crippen molar-refractivity contribution >= 4 is 33.5 Å². The summed E-state index contributed by atoms with van der Waals surface area (Å²) in [6, 6.07) is 11.2. The van der Waals surface area contributed by atoms with Gasteiger partial charge in [0, 0.05) is 15.6 Å². The minimum Gasteiger partial charge on any atom is -0.478 e. The van der Waals surface area contributed by atoms with Crippen molar-refractivity contribution in [3.05, 3.63) is 57.0 Å². The van der Waals surface area contributed by atoms with Crippen LogP contribution in [0.3, 0.4) is 0 Å². The highest BCUT2D eigenvalue weighted by Crippen LogP contribution is 2.33. The van der Waals surface area contributed by atoms with Crippen molar-refractivity contribution in [1.82, 2.24) is 0 Å². The van der Waals surface area contributed by atoms with Gasteiger partial charge in [-0.05, 0) is 40.2 Å². The largest absolute Gasteiger partial charge is 0.478 e. The highest BCUT2D eigenvalue weighted by molar-refractivity contribution is 9.10. The molecule has 6 heteroatoms. The van der Waals surface area contributed by atoms with Crippen molar-refractivity contribution in [3.63, 3.8) is 0 Å². The fraction of sp³-hybridized carbons (Fsp3) is 0. The van der Waals surface area contributed by atoms with Crippen LogP contribution in [0.1, 0.15) is 15.9 Å². The normalized spacial score (nSPS) is 9.85. The smallest absolute Gasteiger partial charge is 0.339 e. The lowest BCUT2D eigenvalue weighted by Crippen LogP contribution is -2.00. The topological polar surface area (TPSA) is 70.3 Å². The van der Waals surface area contributed by atoms with E-state index in [9.17, 15) is 4.79 Å². The molecule has 0 spiro atoms. The molecule has 0 aromatic heterocycles. The molecule has 2 aromatic carbocycles. The fourth-order valence-electron chi connectivity index (χ4n) is 1.57. The van der Waals surface area contributed by atoms with Crippen molar-refractivity contribution < 1.29 is 14.6 Å². The lowest BCUT2D eigenvalue weighted by molar-refractivity contribution is 0.0694. The zero-order chi connectivity index (χ0) is 14.7. The van der Waals surface area contributed by atoms with E-state index in [1.54, 1.807) is 18.2 Å². The molecule has 0 aliphatic heterocycles. The molecule has 1 N–H and O–H groups in total. The highest BCUT2D eigenvalue weighted by atomic mass is 79.9. The van der Waals surface area contributed by atoms with Crippen molar-refractivity contribution in [1.29, 1.82) is 5.26 Å². The standard InChI is InChI=1S/C14H7BrClNO3/c15-11-2-1-3-12(10(11)7-17)20-13-6-8(16)4-5-9(13)14(18)19/h1-6H,(H,18,19). The first-order chi connectivity index (χ1) is 9.52. The molecule has 0 amide bonds. The molecular weight excluding hydrogens is 346 g/mol. The number of carboxylic acids is 1. The van der Waals surface area contributed by atoms with E-state index in [4.69, 9.17) is 26.7 Å². The fourth-order valence-corrected chi connectivity index (χ4v) is 2.17. The molecule has 0 fully saturated rings. The average Bonchev–Trinajstić information content (AvgIpc) is 2.38. The maximum absolute atomic E-state index is 11.1. The van der Waals surface area contributed by atoms with E-state index >= 15 is 0 Å². The SMILES string of the molecule is N#Cc1c(Br)cccc1Oc1cc(Cl)ccc1C(=O)O. The Labute approximate surface area is 128 Å². The number of halogens is 2. The molecule has 2 rings (SSSR count). The van der Waals surface area contributed by atoms with Crippen LogP contribution in [0.5, 0.6) is 11.5 Å². The van der Waals surface area contributed by atoms with Crippen LogP contribution in [0.25, 0.3) is 0 Å². The molecule has 0 heterocycles. The molecule has 0 aliphatic carbocycles. The van der Waals surface area contributed by atoms with E-state index in [1.807, 2.05) is 6.07 Å². The lowest BCUT2D eigenvalue weighted by Gasteiger charge is -2.11. The van der Waals surface area contributed by atoms with Gasteiger partial charge in [0.2, 0.25) is 0 Å². The van der Waals surface area contributed by atoms with E-state index in [0.717, 1.165) is 0 Å². The Kier molecular flexibility index (Phi) is 4.28. The van der Waals surface area contributed by atoms with Gasteiger partial charge in [0.25, 0.3) is 0 Å². The number of hydrogen-bond donors (Lipinski definition) is 1. The number of benzene rings is 2. The van der Waals surface area contributed by atoms with Crippen LogP contribution >= 0.6 is 27.5 Å².